The number of anilines is 2. The lowest BCUT2D eigenvalue weighted by atomic mass is 10.2. The van der Waals surface area contributed by atoms with Crippen LogP contribution in [0.15, 0.2) is 6.07 Å². The molecule has 0 saturated heterocycles. The van der Waals surface area contributed by atoms with Gasteiger partial charge in [-0.1, -0.05) is 0 Å². The topological polar surface area (TPSA) is 64.9 Å². The lowest BCUT2D eigenvalue weighted by molar-refractivity contribution is 0.152. The highest BCUT2D eigenvalue weighted by molar-refractivity contribution is 5.51. The lowest BCUT2D eigenvalue weighted by Crippen LogP contribution is -2.03. The Morgan fingerprint density at radius 3 is 2.42 bits per heavy atom. The lowest BCUT2D eigenvalue weighted by Gasteiger charge is -2.05. The van der Waals surface area contributed by atoms with Crippen LogP contribution in [0.25, 0.3) is 0 Å². The van der Waals surface area contributed by atoms with E-state index in [2.05, 4.69) is 4.98 Å². The number of hydrogen-bond donors (Lipinski definition) is 2. The first-order valence-corrected chi connectivity index (χ1v) is 3.02. The SMILES string of the molecule is Nc1cc(C(F)F)c(N)c(F)n1. The van der Waals surface area contributed by atoms with Crippen molar-refractivity contribution >= 4 is 11.5 Å². The van der Waals surface area contributed by atoms with E-state index in [1.165, 1.54) is 0 Å². The summed E-state index contributed by atoms with van der Waals surface area (Å²) < 4.78 is 36.7. The normalized spacial score (nSPS) is 10.7. The van der Waals surface area contributed by atoms with Crippen molar-refractivity contribution in [1.29, 1.82) is 0 Å². The predicted molar refractivity (Wildman–Crippen MR) is 38.0 cm³/mol. The first-order valence-electron chi connectivity index (χ1n) is 3.02. The molecule has 0 unspecified atom stereocenters. The van der Waals surface area contributed by atoms with E-state index in [4.69, 9.17) is 11.5 Å². The Morgan fingerprint density at radius 2 is 1.92 bits per heavy atom. The van der Waals surface area contributed by atoms with Gasteiger partial charge in [0.05, 0.1) is 5.69 Å². The van der Waals surface area contributed by atoms with E-state index in [1.54, 1.807) is 0 Å². The number of rotatable bonds is 1. The largest absolute Gasteiger partial charge is 0.395 e. The van der Waals surface area contributed by atoms with Crippen LogP contribution < -0.4 is 11.5 Å². The van der Waals surface area contributed by atoms with Gasteiger partial charge in [0, 0.05) is 5.56 Å². The third-order valence-corrected chi connectivity index (χ3v) is 1.30. The Morgan fingerprint density at radius 1 is 1.33 bits per heavy atom. The molecule has 0 aliphatic rings. The van der Waals surface area contributed by atoms with Gasteiger partial charge in [-0.3, -0.25) is 0 Å². The van der Waals surface area contributed by atoms with Gasteiger partial charge in [0.15, 0.2) is 0 Å². The molecule has 6 heteroatoms. The smallest absolute Gasteiger partial charge is 0.266 e. The summed E-state index contributed by atoms with van der Waals surface area (Å²) >= 11 is 0. The Labute approximate surface area is 66.2 Å². The van der Waals surface area contributed by atoms with Crippen molar-refractivity contribution in [3.63, 3.8) is 0 Å². The maximum atomic E-state index is 12.6. The summed E-state index contributed by atoms with van der Waals surface area (Å²) in [5.41, 5.74) is 8.73. The van der Waals surface area contributed by atoms with Crippen molar-refractivity contribution in [2.24, 2.45) is 0 Å². The zero-order chi connectivity index (χ0) is 9.30. The summed E-state index contributed by atoms with van der Waals surface area (Å²) in [7, 11) is 0. The molecule has 0 atom stereocenters. The fourth-order valence-corrected chi connectivity index (χ4v) is 0.743. The molecule has 1 rings (SSSR count). The molecule has 4 N–H and O–H groups in total. The van der Waals surface area contributed by atoms with Gasteiger partial charge in [0.25, 0.3) is 6.43 Å². The Balaban J connectivity index is 3.28. The van der Waals surface area contributed by atoms with Crippen molar-refractivity contribution in [2.75, 3.05) is 11.5 Å². The number of aromatic nitrogens is 1. The summed E-state index contributed by atoms with van der Waals surface area (Å²) in [4.78, 5) is 3.07. The van der Waals surface area contributed by atoms with E-state index in [1.807, 2.05) is 0 Å². The van der Waals surface area contributed by atoms with Crippen LogP contribution in [0.4, 0.5) is 24.7 Å². The van der Waals surface area contributed by atoms with Crippen LogP contribution in [0, 0.1) is 5.95 Å². The highest BCUT2D eigenvalue weighted by Crippen LogP contribution is 2.27. The molecule has 0 spiro atoms. The molecule has 1 aromatic heterocycles. The molecule has 12 heavy (non-hydrogen) atoms. The molecule has 0 radical (unpaired) electrons. The van der Waals surface area contributed by atoms with Gasteiger partial charge in [0.2, 0.25) is 5.95 Å². The van der Waals surface area contributed by atoms with E-state index in [9.17, 15) is 13.2 Å². The minimum atomic E-state index is -2.84. The molecule has 3 nitrogen and oxygen atoms in total. The minimum Gasteiger partial charge on any atom is -0.395 e. The van der Waals surface area contributed by atoms with Crippen molar-refractivity contribution in [1.82, 2.24) is 4.98 Å². The summed E-state index contributed by atoms with van der Waals surface area (Å²) in [6.07, 6.45) is -2.84. The van der Waals surface area contributed by atoms with Gasteiger partial charge < -0.3 is 11.5 Å². The van der Waals surface area contributed by atoms with E-state index < -0.39 is 23.6 Å². The fourth-order valence-electron chi connectivity index (χ4n) is 0.743. The third-order valence-electron chi connectivity index (χ3n) is 1.30. The average Bonchev–Trinajstić information content (AvgIpc) is 1.96. The fraction of sp³-hybridized carbons (Fsp3) is 0.167. The molecule has 66 valence electrons. The number of nitrogen functional groups attached to an aromatic ring is 2. The van der Waals surface area contributed by atoms with Gasteiger partial charge in [-0.2, -0.15) is 4.39 Å². The van der Waals surface area contributed by atoms with Crippen LogP contribution in [-0.2, 0) is 0 Å². The number of halogens is 3. The van der Waals surface area contributed by atoms with Crippen molar-refractivity contribution < 1.29 is 13.2 Å². The van der Waals surface area contributed by atoms with Crippen LogP contribution in [0.3, 0.4) is 0 Å². The maximum absolute atomic E-state index is 12.6. The molecule has 0 amide bonds. The Hall–Kier alpha value is -1.46. The van der Waals surface area contributed by atoms with Crippen LogP contribution in [-0.4, -0.2) is 4.98 Å². The monoisotopic (exact) mass is 177 g/mol. The second kappa shape index (κ2) is 2.88. The number of hydrogen-bond acceptors (Lipinski definition) is 3. The molecular formula is C6H6F3N3. The molecule has 0 saturated carbocycles. The van der Waals surface area contributed by atoms with Gasteiger partial charge >= 0.3 is 0 Å². The number of alkyl halides is 2. The maximum Gasteiger partial charge on any atom is 0.266 e. The average molecular weight is 177 g/mol. The van der Waals surface area contributed by atoms with Crippen LogP contribution in [0.5, 0.6) is 0 Å². The molecular weight excluding hydrogens is 171 g/mol. The van der Waals surface area contributed by atoms with E-state index in [0.717, 1.165) is 6.07 Å². The van der Waals surface area contributed by atoms with Crippen LogP contribution in [0.2, 0.25) is 0 Å². The summed E-state index contributed by atoms with van der Waals surface area (Å²) in [6.45, 7) is 0. The second-order valence-corrected chi connectivity index (χ2v) is 2.14. The van der Waals surface area contributed by atoms with Crippen LogP contribution >= 0.6 is 0 Å². The van der Waals surface area contributed by atoms with Gasteiger partial charge in [-0.25, -0.2) is 13.8 Å². The second-order valence-electron chi connectivity index (χ2n) is 2.14. The first kappa shape index (κ1) is 8.63. The van der Waals surface area contributed by atoms with Gasteiger partial charge in [0.1, 0.15) is 5.82 Å². The minimum absolute atomic E-state index is 0.308. The van der Waals surface area contributed by atoms with E-state index in [0.29, 0.717) is 0 Å². The predicted octanol–water partition coefficient (Wildman–Crippen LogP) is 1.32. The van der Waals surface area contributed by atoms with E-state index >= 15 is 0 Å². The Bertz CT molecular complexity index is 300. The van der Waals surface area contributed by atoms with Crippen molar-refractivity contribution in [3.8, 4) is 0 Å². The summed E-state index contributed by atoms with van der Waals surface area (Å²) in [6, 6.07) is 0.850. The highest BCUT2D eigenvalue weighted by atomic mass is 19.3. The quantitative estimate of drug-likeness (QED) is 0.636. The molecule has 1 heterocycles. The van der Waals surface area contributed by atoms with Crippen molar-refractivity contribution in [2.45, 2.75) is 6.43 Å². The highest BCUT2D eigenvalue weighted by Gasteiger charge is 2.16. The third kappa shape index (κ3) is 1.41. The van der Waals surface area contributed by atoms with Crippen molar-refractivity contribution in [3.05, 3.63) is 17.6 Å². The molecule has 0 fully saturated rings. The zero-order valence-corrected chi connectivity index (χ0v) is 5.89. The zero-order valence-electron chi connectivity index (χ0n) is 5.89. The molecule has 1 aromatic rings. The number of nitrogens with two attached hydrogens (primary N) is 2. The molecule has 0 aliphatic carbocycles. The molecule has 0 aliphatic heterocycles. The van der Waals surface area contributed by atoms with E-state index in [-0.39, 0.29) is 5.82 Å². The molecule has 0 bridgehead atoms. The van der Waals surface area contributed by atoms with Gasteiger partial charge in [-0.15, -0.1) is 0 Å². The summed E-state index contributed by atoms with van der Waals surface area (Å²) in [5, 5.41) is 0. The summed E-state index contributed by atoms with van der Waals surface area (Å²) in [5.74, 6) is -1.47. The first-order chi connectivity index (χ1) is 5.52. The molecule has 0 aromatic carbocycles. The Kier molecular flexibility index (Phi) is 2.07. The van der Waals surface area contributed by atoms with Crippen LogP contribution in [0.1, 0.15) is 12.0 Å². The van der Waals surface area contributed by atoms with Gasteiger partial charge in [-0.05, 0) is 6.07 Å². The standard InChI is InChI=1S/C6H6F3N3/c7-5(8)2-1-3(10)12-6(9)4(2)11/h1,5H,11H2,(H2,10,12). The number of pyridine rings is 1. The number of nitrogens with zero attached hydrogens (tertiary/aromatic N) is 1.